The van der Waals surface area contributed by atoms with E-state index < -0.39 is 0 Å². The van der Waals surface area contributed by atoms with Crippen molar-refractivity contribution in [3.63, 3.8) is 0 Å². The second kappa shape index (κ2) is 6.58. The van der Waals surface area contributed by atoms with Crippen molar-refractivity contribution in [1.82, 2.24) is 15.1 Å². The Balaban J connectivity index is 2.03. The molecule has 1 fully saturated rings. The minimum absolute atomic E-state index is 0.447. The summed E-state index contributed by atoms with van der Waals surface area (Å²) < 4.78 is 0. The van der Waals surface area contributed by atoms with Gasteiger partial charge in [0.25, 0.3) is 0 Å². The van der Waals surface area contributed by atoms with E-state index in [9.17, 15) is 0 Å². The van der Waals surface area contributed by atoms with E-state index in [2.05, 4.69) is 42.9 Å². The van der Waals surface area contributed by atoms with Gasteiger partial charge in [0.05, 0.1) is 0 Å². The zero-order chi connectivity index (χ0) is 12.0. The Hall–Kier alpha value is -0.120. The van der Waals surface area contributed by atoms with Crippen molar-refractivity contribution in [2.45, 2.75) is 27.2 Å². The van der Waals surface area contributed by atoms with Crippen LogP contribution >= 0.6 is 0 Å². The molecule has 16 heavy (non-hydrogen) atoms. The lowest BCUT2D eigenvalue weighted by molar-refractivity contribution is 0.153. The molecular weight excluding hydrogens is 198 g/mol. The molecule has 0 radical (unpaired) electrons. The summed E-state index contributed by atoms with van der Waals surface area (Å²) in [6.07, 6.45) is 1.24. The lowest BCUT2D eigenvalue weighted by atomic mass is 9.90. The molecule has 1 saturated heterocycles. The van der Waals surface area contributed by atoms with Crippen LogP contribution < -0.4 is 5.32 Å². The molecule has 1 heterocycles. The van der Waals surface area contributed by atoms with Crippen LogP contribution in [0.4, 0.5) is 0 Å². The van der Waals surface area contributed by atoms with Gasteiger partial charge in [0.1, 0.15) is 0 Å². The van der Waals surface area contributed by atoms with Crippen LogP contribution in [0.5, 0.6) is 0 Å². The van der Waals surface area contributed by atoms with Crippen molar-refractivity contribution < 1.29 is 0 Å². The van der Waals surface area contributed by atoms with Crippen molar-refractivity contribution in [2.75, 3.05) is 52.9 Å². The number of piperazine rings is 1. The third-order valence-corrected chi connectivity index (χ3v) is 3.76. The van der Waals surface area contributed by atoms with Gasteiger partial charge in [-0.3, -0.25) is 4.90 Å². The highest BCUT2D eigenvalue weighted by molar-refractivity contribution is 4.72. The number of hydrogen-bond acceptors (Lipinski definition) is 3. The molecule has 3 nitrogen and oxygen atoms in total. The Bertz CT molecular complexity index is 184. The average Bonchev–Trinajstić information content (AvgIpc) is 2.27. The van der Waals surface area contributed by atoms with E-state index >= 15 is 0 Å². The van der Waals surface area contributed by atoms with Crippen molar-refractivity contribution in [3.05, 3.63) is 0 Å². The summed E-state index contributed by atoms with van der Waals surface area (Å²) in [4.78, 5) is 4.97. The van der Waals surface area contributed by atoms with Gasteiger partial charge in [-0.2, -0.15) is 0 Å². The van der Waals surface area contributed by atoms with Gasteiger partial charge in [0, 0.05) is 45.8 Å². The zero-order valence-electron chi connectivity index (χ0n) is 11.6. The standard InChI is InChI=1S/C13H29N3/c1-5-13(2,3)12-14-6-7-16-10-8-15(4)9-11-16/h14H,5-12H2,1-4H3. The van der Waals surface area contributed by atoms with Crippen molar-refractivity contribution in [2.24, 2.45) is 5.41 Å². The van der Waals surface area contributed by atoms with Crippen LogP contribution in [0.2, 0.25) is 0 Å². The first-order valence-corrected chi connectivity index (χ1v) is 6.65. The molecule has 0 aliphatic carbocycles. The van der Waals surface area contributed by atoms with Crippen LogP contribution in [0.25, 0.3) is 0 Å². The van der Waals surface area contributed by atoms with Crippen molar-refractivity contribution >= 4 is 0 Å². The Morgan fingerprint density at radius 1 is 1.12 bits per heavy atom. The number of nitrogens with one attached hydrogen (secondary N) is 1. The van der Waals surface area contributed by atoms with Gasteiger partial charge in [-0.25, -0.2) is 0 Å². The van der Waals surface area contributed by atoms with Gasteiger partial charge in [-0.15, -0.1) is 0 Å². The van der Waals surface area contributed by atoms with E-state index in [1.165, 1.54) is 39.1 Å². The third-order valence-electron chi connectivity index (χ3n) is 3.76. The average molecular weight is 227 g/mol. The van der Waals surface area contributed by atoms with E-state index in [-0.39, 0.29) is 0 Å². The van der Waals surface area contributed by atoms with E-state index in [0.29, 0.717) is 5.41 Å². The first-order valence-electron chi connectivity index (χ1n) is 6.65. The summed E-state index contributed by atoms with van der Waals surface area (Å²) in [5, 5.41) is 3.58. The van der Waals surface area contributed by atoms with Gasteiger partial charge in [-0.05, 0) is 18.9 Å². The second-order valence-electron chi connectivity index (χ2n) is 5.84. The summed E-state index contributed by atoms with van der Waals surface area (Å²) >= 11 is 0. The molecule has 1 aliphatic rings. The minimum Gasteiger partial charge on any atom is -0.315 e. The van der Waals surface area contributed by atoms with E-state index in [0.717, 1.165) is 13.1 Å². The van der Waals surface area contributed by atoms with Crippen LogP contribution in [-0.2, 0) is 0 Å². The molecule has 1 rings (SSSR count). The molecule has 0 aromatic heterocycles. The summed E-state index contributed by atoms with van der Waals surface area (Å²) in [7, 11) is 2.21. The van der Waals surface area contributed by atoms with Crippen molar-refractivity contribution in [1.29, 1.82) is 0 Å². The fourth-order valence-corrected chi connectivity index (χ4v) is 1.86. The molecular formula is C13H29N3. The molecule has 0 bridgehead atoms. The van der Waals surface area contributed by atoms with E-state index in [1.807, 2.05) is 0 Å². The molecule has 3 heteroatoms. The van der Waals surface area contributed by atoms with Gasteiger partial charge >= 0.3 is 0 Å². The maximum absolute atomic E-state index is 3.58. The van der Waals surface area contributed by atoms with Gasteiger partial charge in [-0.1, -0.05) is 20.8 Å². The molecule has 1 N–H and O–H groups in total. The second-order valence-corrected chi connectivity index (χ2v) is 5.84. The summed E-state index contributed by atoms with van der Waals surface area (Å²) in [6, 6.07) is 0. The highest BCUT2D eigenvalue weighted by Crippen LogP contribution is 2.17. The van der Waals surface area contributed by atoms with Crippen LogP contribution in [-0.4, -0.2) is 62.7 Å². The quantitative estimate of drug-likeness (QED) is 0.689. The van der Waals surface area contributed by atoms with Crippen LogP contribution in [0.3, 0.4) is 0 Å². The van der Waals surface area contributed by atoms with E-state index in [4.69, 9.17) is 0 Å². The zero-order valence-corrected chi connectivity index (χ0v) is 11.6. The number of rotatable bonds is 6. The van der Waals surface area contributed by atoms with Gasteiger partial charge < -0.3 is 10.2 Å². The predicted molar refractivity (Wildman–Crippen MR) is 70.9 cm³/mol. The number of hydrogen-bond donors (Lipinski definition) is 1. The summed E-state index contributed by atoms with van der Waals surface area (Å²) in [6.45, 7) is 15.3. The number of likely N-dealkylation sites (N-methyl/N-ethyl adjacent to an activating group) is 1. The van der Waals surface area contributed by atoms with Crippen LogP contribution in [0.1, 0.15) is 27.2 Å². The highest BCUT2D eigenvalue weighted by atomic mass is 15.2. The van der Waals surface area contributed by atoms with Gasteiger partial charge in [0.15, 0.2) is 0 Å². The molecule has 0 atom stereocenters. The topological polar surface area (TPSA) is 18.5 Å². The Kier molecular flexibility index (Phi) is 5.73. The van der Waals surface area contributed by atoms with Crippen LogP contribution in [0.15, 0.2) is 0 Å². The monoisotopic (exact) mass is 227 g/mol. The Morgan fingerprint density at radius 3 is 2.31 bits per heavy atom. The molecule has 0 aromatic carbocycles. The molecule has 0 unspecified atom stereocenters. The third kappa shape index (κ3) is 5.28. The molecule has 0 spiro atoms. The SMILES string of the molecule is CCC(C)(C)CNCCN1CCN(C)CC1. The summed E-state index contributed by atoms with van der Waals surface area (Å²) in [5.74, 6) is 0. The first-order chi connectivity index (χ1) is 7.53. The molecule has 0 saturated carbocycles. The normalized spacial score (nSPS) is 20.2. The largest absolute Gasteiger partial charge is 0.315 e. The number of nitrogens with zero attached hydrogens (tertiary/aromatic N) is 2. The Morgan fingerprint density at radius 2 is 1.75 bits per heavy atom. The fraction of sp³-hybridized carbons (Fsp3) is 1.00. The van der Waals surface area contributed by atoms with E-state index in [1.54, 1.807) is 0 Å². The maximum Gasteiger partial charge on any atom is 0.0110 e. The molecule has 96 valence electrons. The first kappa shape index (κ1) is 13.9. The highest BCUT2D eigenvalue weighted by Gasteiger charge is 2.15. The predicted octanol–water partition coefficient (Wildman–Crippen LogP) is 1.26. The van der Waals surface area contributed by atoms with Crippen molar-refractivity contribution in [3.8, 4) is 0 Å². The lowest BCUT2D eigenvalue weighted by Crippen LogP contribution is -2.47. The smallest absolute Gasteiger partial charge is 0.0110 e. The lowest BCUT2D eigenvalue weighted by Gasteiger charge is -2.32. The van der Waals surface area contributed by atoms with Crippen LogP contribution in [0, 0.1) is 5.41 Å². The Labute approximate surface area is 101 Å². The molecule has 0 amide bonds. The summed E-state index contributed by atoms with van der Waals surface area (Å²) in [5.41, 5.74) is 0.447. The maximum atomic E-state index is 3.58. The van der Waals surface area contributed by atoms with Gasteiger partial charge in [0.2, 0.25) is 0 Å². The molecule has 0 aromatic rings. The minimum atomic E-state index is 0.447. The molecule has 1 aliphatic heterocycles. The fourth-order valence-electron chi connectivity index (χ4n) is 1.86.